The maximum Gasteiger partial charge on any atom is 0.471 e. The molecule has 19 heavy (non-hydrogen) atoms. The summed E-state index contributed by atoms with van der Waals surface area (Å²) in [5, 5.41) is 2.98. The number of carbonyl (C=O) groups excluding carboxylic acids is 2. The van der Waals surface area contributed by atoms with Crippen LogP contribution in [0.4, 0.5) is 23.7 Å². The number of nitrogens with one attached hydrogen (secondary N) is 2. The van der Waals surface area contributed by atoms with Gasteiger partial charge >= 0.3 is 18.1 Å². The number of anilines is 1. The molecule has 0 aromatic heterocycles. The fraction of sp³-hybridized carbons (Fsp3) is 0.111. The summed E-state index contributed by atoms with van der Waals surface area (Å²) in [7, 11) is 0. The normalized spacial score (nSPS) is 11.1. The van der Waals surface area contributed by atoms with Gasteiger partial charge in [0.1, 0.15) is 0 Å². The number of urea groups is 1. The van der Waals surface area contributed by atoms with Crippen molar-refractivity contribution in [3.63, 3.8) is 0 Å². The molecule has 0 radical (unpaired) electrons. The molecule has 3 amide bonds. The number of hydrogen-bond acceptors (Lipinski definition) is 2. The van der Waals surface area contributed by atoms with Gasteiger partial charge < -0.3 is 5.32 Å². The molecule has 0 atom stereocenters. The fourth-order valence-corrected chi connectivity index (χ4v) is 1.89. The first-order valence-corrected chi connectivity index (χ1v) is 5.58. The van der Waals surface area contributed by atoms with Crippen molar-refractivity contribution in [1.82, 2.24) is 5.32 Å². The Balaban J connectivity index is 2.82. The number of alkyl halides is 3. The van der Waals surface area contributed by atoms with Gasteiger partial charge in [-0.3, -0.25) is 10.1 Å². The average molecular weight is 335 g/mol. The monoisotopic (exact) mass is 334 g/mol. The van der Waals surface area contributed by atoms with Gasteiger partial charge in [-0.2, -0.15) is 13.2 Å². The van der Waals surface area contributed by atoms with Gasteiger partial charge in [0.05, 0.1) is 15.7 Å². The Morgan fingerprint density at radius 3 is 1.95 bits per heavy atom. The minimum atomic E-state index is -5.18. The Morgan fingerprint density at radius 2 is 1.53 bits per heavy atom. The molecule has 1 aromatic rings. The molecule has 0 aliphatic rings. The van der Waals surface area contributed by atoms with Crippen molar-refractivity contribution in [2.24, 2.45) is 0 Å². The van der Waals surface area contributed by atoms with Crippen LogP contribution >= 0.6 is 34.8 Å². The van der Waals surface area contributed by atoms with Crippen molar-refractivity contribution in [2.45, 2.75) is 6.18 Å². The van der Waals surface area contributed by atoms with E-state index in [9.17, 15) is 22.8 Å². The number of hydrogen-bond donors (Lipinski definition) is 2. The van der Waals surface area contributed by atoms with Crippen molar-refractivity contribution < 1.29 is 22.8 Å². The first kappa shape index (κ1) is 15.9. The van der Waals surface area contributed by atoms with Crippen molar-refractivity contribution in [2.75, 3.05) is 5.32 Å². The molecule has 0 heterocycles. The number of carbonyl (C=O) groups is 2. The van der Waals surface area contributed by atoms with Crippen LogP contribution in [0, 0.1) is 0 Å². The van der Waals surface area contributed by atoms with Gasteiger partial charge in [-0.1, -0.05) is 34.8 Å². The molecule has 4 nitrogen and oxygen atoms in total. The Kier molecular flexibility index (Phi) is 4.89. The second kappa shape index (κ2) is 5.85. The first-order chi connectivity index (χ1) is 8.61. The maximum atomic E-state index is 11.9. The molecule has 0 aliphatic carbocycles. The zero-order valence-electron chi connectivity index (χ0n) is 8.74. The fourth-order valence-electron chi connectivity index (χ4n) is 0.980. The van der Waals surface area contributed by atoms with Crippen LogP contribution in [-0.4, -0.2) is 18.1 Å². The topological polar surface area (TPSA) is 58.2 Å². The van der Waals surface area contributed by atoms with E-state index in [1.807, 2.05) is 5.32 Å². The van der Waals surface area contributed by atoms with Gasteiger partial charge in [-0.05, 0) is 12.1 Å². The lowest BCUT2D eigenvalue weighted by Gasteiger charge is -2.11. The number of amides is 3. The molecule has 0 spiro atoms. The van der Waals surface area contributed by atoms with Crippen molar-refractivity contribution in [3.8, 4) is 0 Å². The molecule has 0 saturated heterocycles. The minimum Gasteiger partial charge on any atom is -0.305 e. The smallest absolute Gasteiger partial charge is 0.305 e. The van der Waals surface area contributed by atoms with Gasteiger partial charge in [0.2, 0.25) is 0 Å². The van der Waals surface area contributed by atoms with E-state index in [1.54, 1.807) is 0 Å². The third-order valence-corrected chi connectivity index (χ3v) is 2.54. The maximum absolute atomic E-state index is 11.9. The van der Waals surface area contributed by atoms with Crippen LogP contribution < -0.4 is 10.6 Å². The van der Waals surface area contributed by atoms with Crippen LogP contribution in [-0.2, 0) is 4.79 Å². The highest BCUT2D eigenvalue weighted by atomic mass is 35.5. The summed E-state index contributed by atoms with van der Waals surface area (Å²) < 4.78 is 35.7. The highest BCUT2D eigenvalue weighted by molar-refractivity contribution is 6.42. The molecule has 104 valence electrons. The Hall–Kier alpha value is -1.18. The lowest BCUT2D eigenvalue weighted by molar-refractivity contribution is -0.172. The predicted molar refractivity (Wildman–Crippen MR) is 64.7 cm³/mol. The molecular formula is C9H4Cl3F3N2O2. The van der Waals surface area contributed by atoms with Crippen LogP contribution in [0.2, 0.25) is 15.1 Å². The summed E-state index contributed by atoms with van der Waals surface area (Å²) >= 11 is 17.0. The summed E-state index contributed by atoms with van der Waals surface area (Å²) in [6, 6.07) is 1.01. The molecule has 2 N–H and O–H groups in total. The second-order valence-electron chi connectivity index (χ2n) is 3.15. The van der Waals surface area contributed by atoms with E-state index in [0.717, 1.165) is 5.32 Å². The molecule has 0 saturated carbocycles. The molecule has 10 heteroatoms. The molecule has 0 unspecified atom stereocenters. The van der Waals surface area contributed by atoms with Gasteiger partial charge in [-0.15, -0.1) is 0 Å². The van der Waals surface area contributed by atoms with E-state index in [0.29, 0.717) is 0 Å². The summed E-state index contributed by atoms with van der Waals surface area (Å²) in [6.45, 7) is 0. The molecule has 0 bridgehead atoms. The van der Waals surface area contributed by atoms with Crippen molar-refractivity contribution in [3.05, 3.63) is 27.2 Å². The standard InChI is InChI=1S/C9H4Cl3F3N2O2/c10-3-1-4(11)6(5(12)2-3)16-8(19)17-7(18)9(13,14)15/h1-2H,(H2,16,17,18,19). The molecule has 0 aliphatic heterocycles. The Morgan fingerprint density at radius 1 is 1.05 bits per heavy atom. The van der Waals surface area contributed by atoms with Gasteiger partial charge in [0.25, 0.3) is 0 Å². The molecule has 1 aromatic carbocycles. The highest BCUT2D eigenvalue weighted by Gasteiger charge is 2.39. The summed E-state index contributed by atoms with van der Waals surface area (Å²) in [5.41, 5.74) is -0.166. The zero-order chi connectivity index (χ0) is 14.8. The van der Waals surface area contributed by atoms with Crippen molar-refractivity contribution >= 4 is 52.4 Å². The van der Waals surface area contributed by atoms with E-state index >= 15 is 0 Å². The van der Waals surface area contributed by atoms with E-state index in [2.05, 4.69) is 0 Å². The van der Waals surface area contributed by atoms with Gasteiger partial charge in [0, 0.05) is 5.02 Å². The molecular weight excluding hydrogens is 331 g/mol. The van der Waals surface area contributed by atoms with Crippen LogP contribution in [0.15, 0.2) is 12.1 Å². The summed E-state index contributed by atoms with van der Waals surface area (Å²) in [5.74, 6) is -2.41. The quantitative estimate of drug-likeness (QED) is 0.819. The lowest BCUT2D eigenvalue weighted by Crippen LogP contribution is -2.42. The zero-order valence-corrected chi connectivity index (χ0v) is 11.0. The minimum absolute atomic E-state index is 0.0906. The van der Waals surface area contributed by atoms with E-state index in [-0.39, 0.29) is 20.8 Å². The van der Waals surface area contributed by atoms with E-state index < -0.39 is 18.1 Å². The number of halogens is 6. The van der Waals surface area contributed by atoms with Gasteiger partial charge in [0.15, 0.2) is 0 Å². The summed E-state index contributed by atoms with van der Waals surface area (Å²) in [4.78, 5) is 21.7. The van der Waals surface area contributed by atoms with Crippen LogP contribution in [0.1, 0.15) is 0 Å². The van der Waals surface area contributed by atoms with Gasteiger partial charge in [-0.25, -0.2) is 4.79 Å². The summed E-state index contributed by atoms with van der Waals surface area (Å²) in [6.07, 6.45) is -5.18. The Labute approximate surface area is 119 Å². The molecule has 1 rings (SSSR count). The van der Waals surface area contributed by atoms with E-state index in [4.69, 9.17) is 34.8 Å². The van der Waals surface area contributed by atoms with Crippen LogP contribution in [0.25, 0.3) is 0 Å². The van der Waals surface area contributed by atoms with Crippen molar-refractivity contribution in [1.29, 1.82) is 0 Å². The number of benzene rings is 1. The predicted octanol–water partition coefficient (Wildman–Crippen LogP) is 3.86. The largest absolute Gasteiger partial charge is 0.471 e. The Bertz CT molecular complexity index is 511. The first-order valence-electron chi connectivity index (χ1n) is 4.45. The lowest BCUT2D eigenvalue weighted by atomic mass is 10.3. The highest BCUT2D eigenvalue weighted by Crippen LogP contribution is 2.33. The third kappa shape index (κ3) is 4.45. The third-order valence-electron chi connectivity index (χ3n) is 1.73. The van der Waals surface area contributed by atoms with E-state index in [1.165, 1.54) is 12.1 Å². The second-order valence-corrected chi connectivity index (χ2v) is 4.40. The average Bonchev–Trinajstić information content (AvgIpc) is 2.21. The number of rotatable bonds is 1. The van der Waals surface area contributed by atoms with Crippen LogP contribution in [0.3, 0.4) is 0 Å². The molecule has 0 fully saturated rings. The SMILES string of the molecule is O=C(NC(=O)C(F)(F)F)Nc1c(Cl)cc(Cl)cc1Cl. The number of imide groups is 1. The van der Waals surface area contributed by atoms with Crippen LogP contribution in [0.5, 0.6) is 0 Å².